The van der Waals surface area contributed by atoms with Gasteiger partial charge in [-0.1, -0.05) is 6.92 Å². The number of aliphatic hydroxyl groups is 1. The highest BCUT2D eigenvalue weighted by Gasteiger charge is 2.07. The number of nitrogen functional groups attached to an aromatic ring is 1. The van der Waals surface area contributed by atoms with Crippen molar-refractivity contribution in [2.24, 2.45) is 0 Å². The highest BCUT2D eigenvalue weighted by atomic mass is 16.5. The third-order valence-corrected chi connectivity index (χ3v) is 1.92. The zero-order valence-corrected chi connectivity index (χ0v) is 10.6. The quantitative estimate of drug-likeness (QED) is 0.579. The molecule has 0 aliphatic carbocycles. The van der Waals surface area contributed by atoms with E-state index in [4.69, 9.17) is 15.2 Å². The first-order valence-electron chi connectivity index (χ1n) is 5.71. The van der Waals surface area contributed by atoms with Crippen LogP contribution in [0.25, 0.3) is 0 Å². The van der Waals surface area contributed by atoms with Gasteiger partial charge in [-0.25, -0.2) is 0 Å². The molecule has 1 atom stereocenters. The van der Waals surface area contributed by atoms with Crippen molar-refractivity contribution < 1.29 is 14.6 Å². The molecule has 1 unspecified atom stereocenters. The number of anilines is 2. The first-order valence-corrected chi connectivity index (χ1v) is 5.71. The van der Waals surface area contributed by atoms with E-state index >= 15 is 0 Å². The van der Waals surface area contributed by atoms with Gasteiger partial charge in [-0.15, -0.1) is 0 Å². The molecule has 0 bridgehead atoms. The Morgan fingerprint density at radius 2 is 2.17 bits per heavy atom. The summed E-state index contributed by atoms with van der Waals surface area (Å²) in [7, 11) is 1.51. The summed E-state index contributed by atoms with van der Waals surface area (Å²) in [5, 5.41) is 12.3. The van der Waals surface area contributed by atoms with E-state index in [0.29, 0.717) is 6.61 Å². The number of nitrogens with one attached hydrogen (secondary N) is 1. The summed E-state index contributed by atoms with van der Waals surface area (Å²) < 4.78 is 10.1. The van der Waals surface area contributed by atoms with Crippen LogP contribution in [0.2, 0.25) is 0 Å². The normalized spacial score (nSPS) is 12.2. The van der Waals surface area contributed by atoms with Gasteiger partial charge in [-0.3, -0.25) is 0 Å². The molecule has 0 radical (unpaired) electrons. The number of methoxy groups -OCH3 is 1. The maximum atomic E-state index is 9.47. The van der Waals surface area contributed by atoms with Crippen LogP contribution >= 0.6 is 0 Å². The number of aromatic nitrogens is 3. The topological polar surface area (TPSA) is 115 Å². The third kappa shape index (κ3) is 5.11. The molecule has 1 aromatic heterocycles. The average molecular weight is 257 g/mol. The van der Waals surface area contributed by atoms with E-state index < -0.39 is 6.10 Å². The molecule has 0 saturated heterocycles. The first-order chi connectivity index (χ1) is 8.65. The van der Waals surface area contributed by atoms with Gasteiger partial charge in [0.2, 0.25) is 11.9 Å². The lowest BCUT2D eigenvalue weighted by molar-refractivity contribution is 0.0726. The summed E-state index contributed by atoms with van der Waals surface area (Å²) in [6.45, 7) is 2.97. The molecule has 0 aliphatic rings. The highest BCUT2D eigenvalue weighted by Crippen LogP contribution is 2.09. The Morgan fingerprint density at radius 3 is 2.83 bits per heavy atom. The molecule has 0 saturated carbocycles. The van der Waals surface area contributed by atoms with Gasteiger partial charge in [0.15, 0.2) is 0 Å². The SMILES string of the molecule is CCCOc1nc(N)nc(NCC(O)COC)n1. The molecule has 8 nitrogen and oxygen atoms in total. The molecule has 0 fully saturated rings. The zero-order valence-electron chi connectivity index (χ0n) is 10.6. The fraction of sp³-hybridized carbons (Fsp3) is 0.700. The number of aliphatic hydroxyl groups excluding tert-OH is 1. The van der Waals surface area contributed by atoms with Gasteiger partial charge in [0, 0.05) is 13.7 Å². The number of rotatable bonds is 8. The summed E-state index contributed by atoms with van der Waals surface area (Å²) >= 11 is 0. The second kappa shape index (κ2) is 7.62. The molecule has 1 aromatic rings. The second-order valence-electron chi connectivity index (χ2n) is 3.64. The van der Waals surface area contributed by atoms with Crippen LogP contribution < -0.4 is 15.8 Å². The van der Waals surface area contributed by atoms with E-state index in [1.165, 1.54) is 7.11 Å². The number of hydrogen-bond donors (Lipinski definition) is 3. The molecular weight excluding hydrogens is 238 g/mol. The molecule has 18 heavy (non-hydrogen) atoms. The van der Waals surface area contributed by atoms with Crippen LogP contribution in [-0.2, 0) is 4.74 Å². The van der Waals surface area contributed by atoms with E-state index in [-0.39, 0.29) is 31.1 Å². The number of nitrogens with zero attached hydrogens (tertiary/aromatic N) is 3. The van der Waals surface area contributed by atoms with Gasteiger partial charge in [0.25, 0.3) is 0 Å². The Hall–Kier alpha value is -1.67. The fourth-order valence-corrected chi connectivity index (χ4v) is 1.17. The molecule has 0 amide bonds. The van der Waals surface area contributed by atoms with Crippen LogP contribution in [0.5, 0.6) is 6.01 Å². The minimum atomic E-state index is -0.645. The molecule has 8 heteroatoms. The minimum absolute atomic E-state index is 0.0693. The van der Waals surface area contributed by atoms with E-state index in [1.807, 2.05) is 6.92 Å². The maximum Gasteiger partial charge on any atom is 0.323 e. The second-order valence-corrected chi connectivity index (χ2v) is 3.64. The first kappa shape index (κ1) is 14.4. The van der Waals surface area contributed by atoms with Crippen molar-refractivity contribution in [3.05, 3.63) is 0 Å². The lowest BCUT2D eigenvalue weighted by Gasteiger charge is -2.11. The van der Waals surface area contributed by atoms with Crippen molar-refractivity contribution in [3.63, 3.8) is 0 Å². The van der Waals surface area contributed by atoms with Crippen molar-refractivity contribution in [1.82, 2.24) is 15.0 Å². The molecule has 0 spiro atoms. The Kier molecular flexibility index (Phi) is 6.09. The predicted molar refractivity (Wildman–Crippen MR) is 66.4 cm³/mol. The Labute approximate surface area is 106 Å². The fourth-order valence-electron chi connectivity index (χ4n) is 1.17. The predicted octanol–water partition coefficient (Wildman–Crippen LogP) is -0.338. The third-order valence-electron chi connectivity index (χ3n) is 1.92. The van der Waals surface area contributed by atoms with Crippen LogP contribution in [0.15, 0.2) is 0 Å². The van der Waals surface area contributed by atoms with E-state index in [9.17, 15) is 5.11 Å². The molecule has 4 N–H and O–H groups in total. The monoisotopic (exact) mass is 257 g/mol. The lowest BCUT2D eigenvalue weighted by atomic mass is 10.4. The lowest BCUT2D eigenvalue weighted by Crippen LogP contribution is -2.25. The van der Waals surface area contributed by atoms with Gasteiger partial charge < -0.3 is 25.6 Å². The van der Waals surface area contributed by atoms with E-state index in [1.54, 1.807) is 0 Å². The van der Waals surface area contributed by atoms with E-state index in [0.717, 1.165) is 6.42 Å². The zero-order chi connectivity index (χ0) is 13.4. The van der Waals surface area contributed by atoms with Crippen LogP contribution in [0.4, 0.5) is 11.9 Å². The van der Waals surface area contributed by atoms with Crippen LogP contribution in [0.3, 0.4) is 0 Å². The summed E-state index contributed by atoms with van der Waals surface area (Å²) in [6.07, 6.45) is 0.203. The summed E-state index contributed by atoms with van der Waals surface area (Å²) in [4.78, 5) is 11.7. The molecule has 1 heterocycles. The largest absolute Gasteiger partial charge is 0.463 e. The number of ether oxygens (including phenoxy) is 2. The Bertz CT molecular complexity index is 363. The molecular formula is C10H19N5O3. The molecule has 0 aromatic carbocycles. The van der Waals surface area contributed by atoms with Crippen molar-refractivity contribution in [1.29, 1.82) is 0 Å². The standard InChI is InChI=1S/C10H19N5O3/c1-3-4-18-10-14-8(11)13-9(15-10)12-5-7(16)6-17-2/h7,16H,3-6H2,1-2H3,(H3,11,12,13,14,15). The summed E-state index contributed by atoms with van der Waals surface area (Å²) in [6, 6.07) is 0.174. The van der Waals surface area contributed by atoms with Crippen molar-refractivity contribution >= 4 is 11.9 Å². The number of nitrogens with two attached hydrogens (primary N) is 1. The highest BCUT2D eigenvalue weighted by molar-refractivity contribution is 5.32. The van der Waals surface area contributed by atoms with Gasteiger partial charge in [-0.2, -0.15) is 15.0 Å². The molecule has 102 valence electrons. The van der Waals surface area contributed by atoms with Gasteiger partial charge in [-0.05, 0) is 6.42 Å². The van der Waals surface area contributed by atoms with Crippen molar-refractivity contribution in [2.75, 3.05) is 37.9 Å². The van der Waals surface area contributed by atoms with Gasteiger partial charge >= 0.3 is 6.01 Å². The average Bonchev–Trinajstić information content (AvgIpc) is 2.34. The Morgan fingerprint density at radius 1 is 1.39 bits per heavy atom. The molecule has 0 aliphatic heterocycles. The van der Waals surface area contributed by atoms with Crippen molar-refractivity contribution in [2.45, 2.75) is 19.4 Å². The minimum Gasteiger partial charge on any atom is -0.463 e. The maximum absolute atomic E-state index is 9.47. The smallest absolute Gasteiger partial charge is 0.323 e. The molecule has 1 rings (SSSR count). The van der Waals surface area contributed by atoms with Gasteiger partial charge in [0.05, 0.1) is 19.3 Å². The summed E-state index contributed by atoms with van der Waals surface area (Å²) in [5.41, 5.74) is 5.53. The van der Waals surface area contributed by atoms with Crippen LogP contribution in [0.1, 0.15) is 13.3 Å². The van der Waals surface area contributed by atoms with Crippen molar-refractivity contribution in [3.8, 4) is 6.01 Å². The van der Waals surface area contributed by atoms with Crippen LogP contribution in [-0.4, -0.2) is 53.0 Å². The number of hydrogen-bond acceptors (Lipinski definition) is 8. The van der Waals surface area contributed by atoms with E-state index in [2.05, 4.69) is 20.3 Å². The van der Waals surface area contributed by atoms with Gasteiger partial charge in [0.1, 0.15) is 0 Å². The van der Waals surface area contributed by atoms with Crippen LogP contribution in [0, 0.1) is 0 Å². The summed E-state index contributed by atoms with van der Waals surface area (Å²) in [5.74, 6) is 0.337. The Balaban J connectivity index is 2.56.